The summed E-state index contributed by atoms with van der Waals surface area (Å²) in [4.78, 5) is 56.8. The Kier molecular flexibility index (Phi) is 11.6. The zero-order valence-corrected chi connectivity index (χ0v) is 35.7. The van der Waals surface area contributed by atoms with Crippen LogP contribution in [0.3, 0.4) is 0 Å². The number of rotatable bonds is 10. The molecule has 1 aromatic carbocycles. The number of thiazole rings is 1. The number of ketones is 1. The molecule has 3 aliphatic rings. The van der Waals surface area contributed by atoms with Crippen LogP contribution in [0.25, 0.3) is 33.4 Å². The average molecular weight is 823 g/mol. The Bertz CT molecular complexity index is 2330. The molecule has 1 saturated carbocycles. The third-order valence-electron chi connectivity index (χ3n) is 12.5. The molecule has 1 unspecified atom stereocenters. The van der Waals surface area contributed by atoms with E-state index in [2.05, 4.69) is 66.9 Å². The summed E-state index contributed by atoms with van der Waals surface area (Å²) in [6, 6.07) is 9.60. The molecule has 1 N–H and O–H groups in total. The van der Waals surface area contributed by atoms with Crippen LogP contribution in [-0.2, 0) is 41.6 Å². The number of hydrogen-bond acceptors (Lipinski definition) is 12. The summed E-state index contributed by atoms with van der Waals surface area (Å²) in [7, 11) is 1.68. The van der Waals surface area contributed by atoms with Gasteiger partial charge in [-0.05, 0) is 74.8 Å². The molecule has 0 spiro atoms. The van der Waals surface area contributed by atoms with Crippen LogP contribution < -0.4 is 5.43 Å². The molecule has 6 heterocycles. The van der Waals surface area contributed by atoms with E-state index in [0.29, 0.717) is 49.9 Å². The highest BCUT2D eigenvalue weighted by Crippen LogP contribution is 2.48. The number of carbonyl (C=O) groups excluding carboxylic acids is 3. The predicted molar refractivity (Wildman–Crippen MR) is 223 cm³/mol. The number of fused-ring (bicyclic) bond motifs is 6. The maximum absolute atomic E-state index is 14.6. The first kappa shape index (κ1) is 41.0. The molecule has 2 fully saturated rings. The van der Waals surface area contributed by atoms with Crippen molar-refractivity contribution in [2.45, 2.75) is 92.0 Å². The van der Waals surface area contributed by atoms with E-state index in [4.69, 9.17) is 28.6 Å². The van der Waals surface area contributed by atoms with E-state index in [-0.39, 0.29) is 48.6 Å². The van der Waals surface area contributed by atoms with E-state index < -0.39 is 29.4 Å². The molecule has 5 aromatic rings. The van der Waals surface area contributed by atoms with E-state index in [9.17, 15) is 14.4 Å². The van der Waals surface area contributed by atoms with Gasteiger partial charge in [0.2, 0.25) is 11.8 Å². The van der Waals surface area contributed by atoms with E-state index in [1.165, 1.54) is 16.3 Å². The van der Waals surface area contributed by atoms with Crippen LogP contribution in [0.5, 0.6) is 0 Å². The van der Waals surface area contributed by atoms with Crippen molar-refractivity contribution >= 4 is 39.9 Å². The minimum atomic E-state index is -0.842. The minimum absolute atomic E-state index is 0.0212. The monoisotopic (exact) mass is 822 g/mol. The lowest BCUT2D eigenvalue weighted by Crippen LogP contribution is -2.57. The molecule has 1 amide bonds. The third-order valence-corrected chi connectivity index (χ3v) is 13.4. The maximum Gasteiger partial charge on any atom is 0.324 e. The molecule has 1 saturated heterocycles. The highest BCUT2D eigenvalue weighted by Gasteiger charge is 2.50. The zero-order valence-electron chi connectivity index (χ0n) is 34.9. The molecule has 4 aromatic heterocycles. The number of esters is 1. The van der Waals surface area contributed by atoms with Crippen molar-refractivity contribution in [3.63, 3.8) is 0 Å². The molecule has 1 aliphatic carbocycles. The fourth-order valence-electron chi connectivity index (χ4n) is 8.98. The van der Waals surface area contributed by atoms with Crippen molar-refractivity contribution in [3.8, 4) is 22.5 Å². The number of hydrogen-bond donors (Lipinski definition) is 1. The Morgan fingerprint density at radius 1 is 1.14 bits per heavy atom. The Morgan fingerprint density at radius 2 is 1.95 bits per heavy atom. The lowest BCUT2D eigenvalue weighted by Gasteiger charge is -2.36. The third kappa shape index (κ3) is 8.12. The van der Waals surface area contributed by atoms with Gasteiger partial charge in [0, 0.05) is 71.6 Å². The molecular formula is C45H54N6O7S. The summed E-state index contributed by atoms with van der Waals surface area (Å²) < 4.78 is 26.4. The number of carbonyl (C=O) groups is 3. The van der Waals surface area contributed by atoms with Gasteiger partial charge in [-0.15, -0.1) is 11.3 Å². The summed E-state index contributed by atoms with van der Waals surface area (Å²) in [6.45, 7) is 13.4. The first-order valence-corrected chi connectivity index (χ1v) is 21.6. The van der Waals surface area contributed by atoms with Crippen LogP contribution in [0.1, 0.15) is 95.2 Å². The molecule has 0 radical (unpaired) electrons. The second-order valence-corrected chi connectivity index (χ2v) is 18.0. The second-order valence-electron chi connectivity index (χ2n) is 17.1. The predicted octanol–water partition coefficient (Wildman–Crippen LogP) is 7.75. The molecule has 13 nitrogen and oxygen atoms in total. The van der Waals surface area contributed by atoms with Gasteiger partial charge in [-0.1, -0.05) is 33.8 Å². The van der Waals surface area contributed by atoms with Crippen molar-refractivity contribution in [2.75, 3.05) is 26.9 Å². The van der Waals surface area contributed by atoms with Crippen molar-refractivity contribution < 1.29 is 33.0 Å². The van der Waals surface area contributed by atoms with Gasteiger partial charge in [-0.2, -0.15) is 0 Å². The fourth-order valence-corrected chi connectivity index (χ4v) is 9.92. The highest BCUT2D eigenvalue weighted by molar-refractivity contribution is 7.10. The van der Waals surface area contributed by atoms with Crippen LogP contribution >= 0.6 is 11.3 Å². The number of nitrogens with zero attached hydrogens (tertiary/aromatic N) is 5. The van der Waals surface area contributed by atoms with Crippen LogP contribution in [-0.4, -0.2) is 75.1 Å². The molecule has 2 aliphatic heterocycles. The van der Waals surface area contributed by atoms with E-state index >= 15 is 0 Å². The van der Waals surface area contributed by atoms with Gasteiger partial charge in [0.15, 0.2) is 0 Å². The molecule has 14 heteroatoms. The standard InChI is InChI=1S/C45H54N6O7S/c1-8-56-41-31(20-36(52)38-25(2)26(38)3)43(53)51-17-10-12-33(49-51)44(54)58-24-45(5,6)21-32-30-19-28(34-23-59-42(41)48-34)13-14-35(30)50(22-37-46-16-18-57-37)40(32)29-11-9-15-47-39(29)27(4)55-7/h9,11,13-16,18-19,23,25-27,31,33,38,41,49H,8,10,12,17,20-22,24H2,1-7H3/t25-,26+,27-,31-,33-,38?,41-/m0/s1. The molecule has 59 heavy (non-hydrogen) atoms. The number of pyridine rings is 1. The number of ether oxygens (including phenoxy) is 3. The number of methoxy groups -OCH3 is 1. The largest absolute Gasteiger partial charge is 0.464 e. The van der Waals surface area contributed by atoms with Crippen molar-refractivity contribution in [1.82, 2.24) is 30.0 Å². The van der Waals surface area contributed by atoms with E-state index in [1.807, 2.05) is 25.3 Å². The van der Waals surface area contributed by atoms with Gasteiger partial charge in [-0.25, -0.2) is 15.4 Å². The molecule has 312 valence electrons. The highest BCUT2D eigenvalue weighted by atomic mass is 32.1. The Labute approximate surface area is 348 Å². The zero-order chi connectivity index (χ0) is 41.6. The minimum Gasteiger partial charge on any atom is -0.464 e. The number of oxazole rings is 1. The van der Waals surface area contributed by atoms with E-state index in [1.54, 1.807) is 25.8 Å². The smallest absolute Gasteiger partial charge is 0.324 e. The Hall–Kier alpha value is -4.76. The van der Waals surface area contributed by atoms with Gasteiger partial charge in [0.25, 0.3) is 0 Å². The van der Waals surface area contributed by atoms with Crippen LogP contribution in [0.4, 0.5) is 0 Å². The number of benzene rings is 1. The van der Waals surface area contributed by atoms with Gasteiger partial charge in [-0.3, -0.25) is 24.4 Å². The SMILES string of the molecule is CCO[C@@H]1c2nc(cs2)-c2ccc3c(c2)c(c(-c2cccnc2[C@H](C)OC)n3Cc2ncco2)CC(C)(C)COC(=O)[C@@H]2CCCN(N2)C(=O)[C@H]1CC(=O)C1[C@@H](C)[C@H]1C. The second kappa shape index (κ2) is 16.7. The van der Waals surface area contributed by atoms with Crippen molar-refractivity contribution in [1.29, 1.82) is 0 Å². The summed E-state index contributed by atoms with van der Waals surface area (Å²) in [6.07, 6.45) is 5.60. The molecule has 7 atom stereocenters. The fraction of sp³-hybridized carbons (Fsp3) is 0.511. The number of Topliss-reactive ketones (excluding diaryl/α,β-unsaturated/α-hetero) is 1. The number of amides is 1. The average Bonchev–Trinajstić information content (AvgIpc) is 3.73. The van der Waals surface area contributed by atoms with Gasteiger partial charge in [0.1, 0.15) is 29.2 Å². The van der Waals surface area contributed by atoms with Gasteiger partial charge < -0.3 is 23.2 Å². The van der Waals surface area contributed by atoms with Crippen LogP contribution in [0, 0.1) is 29.1 Å². The van der Waals surface area contributed by atoms with Crippen LogP contribution in [0.2, 0.25) is 0 Å². The first-order chi connectivity index (χ1) is 28.4. The summed E-state index contributed by atoms with van der Waals surface area (Å²) in [5, 5.41) is 5.13. The van der Waals surface area contributed by atoms with Crippen molar-refractivity contribution in [3.05, 3.63) is 76.5 Å². The van der Waals surface area contributed by atoms with E-state index in [0.717, 1.165) is 44.7 Å². The number of cyclic esters (lactones) is 1. The number of aromatic nitrogens is 4. The summed E-state index contributed by atoms with van der Waals surface area (Å²) in [5.41, 5.74) is 8.95. The van der Waals surface area contributed by atoms with Crippen molar-refractivity contribution in [2.24, 2.45) is 29.1 Å². The Balaban J connectivity index is 1.31. The maximum atomic E-state index is 14.6. The summed E-state index contributed by atoms with van der Waals surface area (Å²) >= 11 is 1.43. The lowest BCUT2D eigenvalue weighted by molar-refractivity contribution is -0.158. The molecule has 8 rings (SSSR count). The van der Waals surface area contributed by atoms with Gasteiger partial charge >= 0.3 is 5.97 Å². The number of hydrazine groups is 1. The lowest BCUT2D eigenvalue weighted by atomic mass is 9.84. The van der Waals surface area contributed by atoms with Gasteiger partial charge in [0.05, 0.1) is 48.5 Å². The molecule has 6 bridgehead atoms. The first-order valence-electron chi connectivity index (χ1n) is 20.7. The van der Waals surface area contributed by atoms with Crippen LogP contribution in [0.15, 0.2) is 58.8 Å². The summed E-state index contributed by atoms with van der Waals surface area (Å²) in [5.74, 6) is -0.492. The Morgan fingerprint density at radius 3 is 2.68 bits per heavy atom. The topological polar surface area (TPSA) is 151 Å². The quantitative estimate of drug-likeness (QED) is 0.138. The number of nitrogens with one attached hydrogen (secondary N) is 1. The normalized spacial score (nSPS) is 25.1. The molecular weight excluding hydrogens is 769 g/mol.